The highest BCUT2D eigenvalue weighted by Gasteiger charge is 2.40. The zero-order chi connectivity index (χ0) is 10.1. The fourth-order valence-electron chi connectivity index (χ4n) is 1.06. The first-order valence-corrected chi connectivity index (χ1v) is 3.67. The van der Waals surface area contributed by atoms with E-state index in [4.69, 9.17) is 0 Å². The molecule has 0 aliphatic heterocycles. The van der Waals surface area contributed by atoms with Gasteiger partial charge in [0, 0.05) is 13.2 Å². The maximum atomic E-state index is 12.3. The molecule has 1 unspecified atom stereocenters. The molecule has 6 heteroatoms. The summed E-state index contributed by atoms with van der Waals surface area (Å²) in [5, 5.41) is 2.17. The minimum Gasteiger partial charge on any atom is -0.340 e. The van der Waals surface area contributed by atoms with Crippen LogP contribution in [-0.2, 0) is 7.05 Å². The van der Waals surface area contributed by atoms with Gasteiger partial charge in [-0.1, -0.05) is 0 Å². The van der Waals surface area contributed by atoms with Crippen LogP contribution in [0.25, 0.3) is 0 Å². The Kier molecular flexibility index (Phi) is 2.60. The maximum Gasteiger partial charge on any atom is 0.409 e. The van der Waals surface area contributed by atoms with E-state index in [9.17, 15) is 13.2 Å². The monoisotopic (exact) mass is 193 g/mol. The molecule has 1 heterocycles. The maximum absolute atomic E-state index is 12.3. The summed E-state index contributed by atoms with van der Waals surface area (Å²) in [4.78, 5) is 3.63. The summed E-state index contributed by atoms with van der Waals surface area (Å²) < 4.78 is 38.4. The first-order valence-electron chi connectivity index (χ1n) is 3.67. The van der Waals surface area contributed by atoms with Crippen LogP contribution in [0.1, 0.15) is 11.7 Å². The summed E-state index contributed by atoms with van der Waals surface area (Å²) >= 11 is 0. The van der Waals surface area contributed by atoms with Crippen molar-refractivity contribution in [3.63, 3.8) is 0 Å². The van der Waals surface area contributed by atoms with Gasteiger partial charge < -0.3 is 9.88 Å². The Balaban J connectivity index is 2.91. The van der Waals surface area contributed by atoms with Crippen LogP contribution in [0.4, 0.5) is 13.2 Å². The second kappa shape index (κ2) is 3.37. The van der Waals surface area contributed by atoms with Crippen LogP contribution in [-0.4, -0.2) is 22.8 Å². The predicted molar refractivity (Wildman–Crippen MR) is 41.1 cm³/mol. The molecule has 1 aromatic rings. The van der Waals surface area contributed by atoms with Crippen molar-refractivity contribution in [3.05, 3.63) is 18.2 Å². The first kappa shape index (κ1) is 10.0. The summed E-state index contributed by atoms with van der Waals surface area (Å²) in [6.45, 7) is 0. The van der Waals surface area contributed by atoms with E-state index < -0.39 is 12.2 Å². The Hall–Kier alpha value is -1.04. The number of nitrogens with one attached hydrogen (secondary N) is 1. The number of imidazole rings is 1. The molecule has 0 saturated carbocycles. The quantitative estimate of drug-likeness (QED) is 0.765. The number of hydrogen-bond donors (Lipinski definition) is 1. The van der Waals surface area contributed by atoms with Crippen LogP contribution < -0.4 is 5.32 Å². The van der Waals surface area contributed by atoms with Crippen LogP contribution in [0.5, 0.6) is 0 Å². The molecule has 3 nitrogen and oxygen atoms in total. The zero-order valence-electron chi connectivity index (χ0n) is 7.26. The van der Waals surface area contributed by atoms with E-state index >= 15 is 0 Å². The topological polar surface area (TPSA) is 29.9 Å². The molecule has 0 aromatic carbocycles. The summed E-state index contributed by atoms with van der Waals surface area (Å²) in [7, 11) is 2.88. The zero-order valence-corrected chi connectivity index (χ0v) is 7.26. The minimum atomic E-state index is -4.30. The van der Waals surface area contributed by atoms with Gasteiger partial charge in [-0.25, -0.2) is 4.98 Å². The molecule has 1 N–H and O–H groups in total. The van der Waals surface area contributed by atoms with Crippen molar-refractivity contribution < 1.29 is 13.2 Å². The minimum absolute atomic E-state index is 0.0162. The Morgan fingerprint density at radius 2 is 2.15 bits per heavy atom. The molecule has 0 radical (unpaired) electrons. The van der Waals surface area contributed by atoms with Gasteiger partial charge in [-0.15, -0.1) is 0 Å². The van der Waals surface area contributed by atoms with Crippen LogP contribution >= 0.6 is 0 Å². The van der Waals surface area contributed by atoms with Gasteiger partial charge in [0.05, 0.1) is 12.0 Å². The number of halogens is 3. The molecule has 0 bridgehead atoms. The lowest BCUT2D eigenvalue weighted by Crippen LogP contribution is -2.31. The van der Waals surface area contributed by atoms with Gasteiger partial charge in [-0.3, -0.25) is 0 Å². The van der Waals surface area contributed by atoms with Crippen molar-refractivity contribution in [2.24, 2.45) is 7.05 Å². The SMILES string of the molecule is CNC(c1cn(C)cn1)C(F)(F)F. The van der Waals surface area contributed by atoms with Gasteiger partial charge in [-0.2, -0.15) is 13.2 Å². The van der Waals surface area contributed by atoms with Crippen LogP contribution in [0.3, 0.4) is 0 Å². The van der Waals surface area contributed by atoms with Gasteiger partial charge in [0.25, 0.3) is 0 Å². The average Bonchev–Trinajstić information content (AvgIpc) is 2.34. The smallest absolute Gasteiger partial charge is 0.340 e. The third-order valence-electron chi connectivity index (χ3n) is 1.64. The number of aromatic nitrogens is 2. The Morgan fingerprint density at radius 3 is 2.46 bits per heavy atom. The van der Waals surface area contributed by atoms with Gasteiger partial charge >= 0.3 is 6.18 Å². The second-order valence-electron chi connectivity index (χ2n) is 2.73. The second-order valence-corrected chi connectivity index (χ2v) is 2.73. The first-order chi connectivity index (χ1) is 5.95. The summed E-state index contributed by atoms with van der Waals surface area (Å²) in [5.41, 5.74) is -0.0162. The third-order valence-corrected chi connectivity index (χ3v) is 1.64. The normalized spacial score (nSPS) is 14.5. The van der Waals surface area contributed by atoms with Crippen LogP contribution in [0, 0.1) is 0 Å². The highest BCUT2D eigenvalue weighted by molar-refractivity contribution is 5.05. The number of alkyl halides is 3. The molecular weight excluding hydrogens is 183 g/mol. The van der Waals surface area contributed by atoms with E-state index in [0.29, 0.717) is 0 Å². The third kappa shape index (κ3) is 2.21. The van der Waals surface area contributed by atoms with E-state index in [1.54, 1.807) is 7.05 Å². The largest absolute Gasteiger partial charge is 0.409 e. The van der Waals surface area contributed by atoms with Gasteiger partial charge in [0.1, 0.15) is 6.04 Å². The predicted octanol–water partition coefficient (Wildman–Crippen LogP) is 1.24. The average molecular weight is 193 g/mol. The van der Waals surface area contributed by atoms with Crippen molar-refractivity contribution >= 4 is 0 Å². The fourth-order valence-corrected chi connectivity index (χ4v) is 1.06. The molecule has 0 amide bonds. The summed E-state index contributed by atoms with van der Waals surface area (Å²) in [6.07, 6.45) is -1.62. The van der Waals surface area contributed by atoms with Crippen molar-refractivity contribution in [1.29, 1.82) is 0 Å². The lowest BCUT2D eigenvalue weighted by molar-refractivity contribution is -0.157. The molecular formula is C7H10F3N3. The number of nitrogens with zero attached hydrogens (tertiary/aromatic N) is 2. The molecule has 1 atom stereocenters. The van der Waals surface area contributed by atoms with Crippen molar-refractivity contribution in [2.45, 2.75) is 12.2 Å². The van der Waals surface area contributed by atoms with Crippen LogP contribution in [0.2, 0.25) is 0 Å². The standard InChI is InChI=1S/C7H10F3N3/c1-11-6(7(8,9)10)5-3-13(2)4-12-5/h3-4,6,11H,1-2H3. The van der Waals surface area contributed by atoms with Gasteiger partial charge in [0.15, 0.2) is 0 Å². The number of hydrogen-bond acceptors (Lipinski definition) is 2. The molecule has 74 valence electrons. The molecule has 1 rings (SSSR count). The lowest BCUT2D eigenvalue weighted by Gasteiger charge is -2.16. The molecule has 13 heavy (non-hydrogen) atoms. The highest BCUT2D eigenvalue weighted by atomic mass is 19.4. The Morgan fingerprint density at radius 1 is 1.54 bits per heavy atom. The lowest BCUT2D eigenvalue weighted by atomic mass is 10.2. The fraction of sp³-hybridized carbons (Fsp3) is 0.571. The number of rotatable bonds is 2. The van der Waals surface area contributed by atoms with E-state index in [1.807, 2.05) is 0 Å². The van der Waals surface area contributed by atoms with E-state index in [-0.39, 0.29) is 5.69 Å². The molecule has 0 fully saturated rings. The number of aryl methyl sites for hydroxylation is 1. The van der Waals surface area contributed by atoms with E-state index in [1.165, 1.54) is 24.1 Å². The summed E-state index contributed by atoms with van der Waals surface area (Å²) in [5.74, 6) is 0. The van der Waals surface area contributed by atoms with Crippen molar-refractivity contribution in [3.8, 4) is 0 Å². The van der Waals surface area contributed by atoms with Gasteiger partial charge in [0.2, 0.25) is 0 Å². The highest BCUT2D eigenvalue weighted by Crippen LogP contribution is 2.30. The molecule has 0 aliphatic rings. The van der Waals surface area contributed by atoms with Crippen molar-refractivity contribution in [2.75, 3.05) is 7.05 Å². The van der Waals surface area contributed by atoms with Gasteiger partial charge in [-0.05, 0) is 7.05 Å². The molecule has 0 saturated heterocycles. The Bertz CT molecular complexity index is 279. The Labute approximate surface area is 73.6 Å². The van der Waals surface area contributed by atoms with Crippen LogP contribution in [0.15, 0.2) is 12.5 Å². The van der Waals surface area contributed by atoms with E-state index in [0.717, 1.165) is 0 Å². The molecule has 1 aromatic heterocycles. The molecule has 0 aliphatic carbocycles. The summed E-state index contributed by atoms with van der Waals surface area (Å²) in [6, 6.07) is -1.69. The molecule has 0 spiro atoms. The van der Waals surface area contributed by atoms with E-state index in [2.05, 4.69) is 10.3 Å². The van der Waals surface area contributed by atoms with Crippen molar-refractivity contribution in [1.82, 2.24) is 14.9 Å².